The van der Waals surface area contributed by atoms with Crippen molar-refractivity contribution in [2.45, 2.75) is 96.6 Å². The number of rotatable bonds is 15. The molecule has 0 saturated heterocycles. The Morgan fingerprint density at radius 3 is 2.04 bits per heavy atom. The van der Waals surface area contributed by atoms with E-state index in [2.05, 4.69) is 29.1 Å². The third-order valence-corrected chi connectivity index (χ3v) is 3.96. The van der Waals surface area contributed by atoms with Crippen LogP contribution in [0.5, 0.6) is 0 Å². The van der Waals surface area contributed by atoms with E-state index in [9.17, 15) is 9.90 Å². The van der Waals surface area contributed by atoms with Crippen molar-refractivity contribution < 1.29 is 14.6 Å². The first kappa shape index (κ1) is 22.0. The molecule has 1 atom stereocenters. The van der Waals surface area contributed by atoms with Crippen molar-refractivity contribution in [1.82, 2.24) is 5.32 Å². The van der Waals surface area contributed by atoms with E-state index >= 15 is 0 Å². The fourth-order valence-electron chi connectivity index (χ4n) is 2.50. The molecule has 0 bridgehead atoms. The first-order valence-corrected chi connectivity index (χ1v) is 9.38. The van der Waals surface area contributed by atoms with Gasteiger partial charge in [0.2, 0.25) is 0 Å². The third kappa shape index (κ3) is 17.2. The van der Waals surface area contributed by atoms with E-state index in [0.29, 0.717) is 6.42 Å². The molecule has 136 valence electrons. The molecule has 4 heteroatoms. The fourth-order valence-corrected chi connectivity index (χ4v) is 2.50. The number of aliphatic hydroxyl groups excluding tert-OH is 1. The molecular weight excluding hydrogens is 290 g/mol. The Kier molecular flexibility index (Phi) is 16.5. The van der Waals surface area contributed by atoms with E-state index in [4.69, 9.17) is 0 Å². The van der Waals surface area contributed by atoms with Gasteiger partial charge in [-0.15, -0.1) is 0 Å². The minimum atomic E-state index is -0.792. The summed E-state index contributed by atoms with van der Waals surface area (Å²) in [5.74, 6) is 0. The van der Waals surface area contributed by atoms with Gasteiger partial charge in [0, 0.05) is 0 Å². The maximum atomic E-state index is 10.9. The normalized spacial score (nSPS) is 12.5. The lowest BCUT2D eigenvalue weighted by Gasteiger charge is -2.11. The van der Waals surface area contributed by atoms with E-state index in [0.717, 1.165) is 19.3 Å². The second kappa shape index (κ2) is 17.3. The van der Waals surface area contributed by atoms with Gasteiger partial charge >= 0.3 is 6.09 Å². The van der Waals surface area contributed by atoms with Gasteiger partial charge in [-0.05, 0) is 38.5 Å². The zero-order chi connectivity index (χ0) is 17.2. The number of nitrogens with one attached hydrogen (secondary N) is 1. The largest absolute Gasteiger partial charge is 0.453 e. The number of allylic oxidation sites excluding steroid dienone is 2. The molecule has 1 amide bonds. The Labute approximate surface area is 142 Å². The monoisotopic (exact) mass is 327 g/mol. The lowest BCUT2D eigenvalue weighted by atomic mass is 10.1. The summed E-state index contributed by atoms with van der Waals surface area (Å²) in [5, 5.41) is 11.9. The minimum absolute atomic E-state index is 0.576. The van der Waals surface area contributed by atoms with Crippen molar-refractivity contribution >= 4 is 6.09 Å². The molecule has 0 saturated carbocycles. The van der Waals surface area contributed by atoms with Crippen LogP contribution in [0.1, 0.15) is 90.4 Å². The number of carbonyl (C=O) groups excluding carboxylic acids is 1. The van der Waals surface area contributed by atoms with Gasteiger partial charge in [0.25, 0.3) is 0 Å². The summed E-state index contributed by atoms with van der Waals surface area (Å²) in [6.07, 6.45) is 18.8. The van der Waals surface area contributed by atoms with Crippen molar-refractivity contribution in [3.63, 3.8) is 0 Å². The molecule has 2 N–H and O–H groups in total. The lowest BCUT2D eigenvalue weighted by molar-refractivity contribution is 0.103. The molecule has 0 aromatic rings. The summed E-state index contributed by atoms with van der Waals surface area (Å²) < 4.78 is 4.43. The molecule has 0 spiro atoms. The number of hydrogen-bond donors (Lipinski definition) is 2. The third-order valence-electron chi connectivity index (χ3n) is 3.96. The Hall–Kier alpha value is -1.03. The molecule has 0 aliphatic carbocycles. The van der Waals surface area contributed by atoms with E-state index in [1.807, 2.05) is 0 Å². The molecule has 0 rings (SSSR count). The fraction of sp³-hybridized carbons (Fsp3) is 0.842. The van der Waals surface area contributed by atoms with Crippen molar-refractivity contribution in [3.05, 3.63) is 12.2 Å². The van der Waals surface area contributed by atoms with Crippen molar-refractivity contribution in [2.75, 3.05) is 7.11 Å². The zero-order valence-electron chi connectivity index (χ0n) is 15.2. The molecule has 4 nitrogen and oxygen atoms in total. The maximum absolute atomic E-state index is 10.9. The van der Waals surface area contributed by atoms with Crippen LogP contribution in [0.2, 0.25) is 0 Å². The van der Waals surface area contributed by atoms with Crippen LogP contribution in [0.3, 0.4) is 0 Å². The topological polar surface area (TPSA) is 58.6 Å². The zero-order valence-corrected chi connectivity index (χ0v) is 15.2. The Morgan fingerprint density at radius 2 is 1.48 bits per heavy atom. The van der Waals surface area contributed by atoms with Gasteiger partial charge in [0.1, 0.15) is 6.23 Å². The molecular formula is C19H37NO3. The van der Waals surface area contributed by atoms with Crippen LogP contribution in [-0.2, 0) is 4.74 Å². The molecule has 0 aliphatic rings. The number of amides is 1. The number of carbonyl (C=O) groups is 1. The molecule has 23 heavy (non-hydrogen) atoms. The average Bonchev–Trinajstić information content (AvgIpc) is 2.55. The highest BCUT2D eigenvalue weighted by Gasteiger charge is 2.07. The Bertz CT molecular complexity index is 292. The second-order valence-corrected chi connectivity index (χ2v) is 6.17. The predicted octanol–water partition coefficient (Wildman–Crippen LogP) is 5.31. The van der Waals surface area contributed by atoms with Gasteiger partial charge in [-0.2, -0.15) is 0 Å². The van der Waals surface area contributed by atoms with Gasteiger partial charge in [-0.3, -0.25) is 5.32 Å². The van der Waals surface area contributed by atoms with Gasteiger partial charge in [0.05, 0.1) is 7.11 Å². The van der Waals surface area contributed by atoms with Crippen LogP contribution in [0.25, 0.3) is 0 Å². The maximum Gasteiger partial charge on any atom is 0.408 e. The number of methoxy groups -OCH3 is 1. The summed E-state index contributed by atoms with van der Waals surface area (Å²) in [6, 6.07) is 0. The number of unbranched alkanes of at least 4 members (excludes halogenated alkanes) is 10. The second-order valence-electron chi connectivity index (χ2n) is 6.17. The Morgan fingerprint density at radius 1 is 0.957 bits per heavy atom. The first-order valence-electron chi connectivity index (χ1n) is 9.38. The summed E-state index contributed by atoms with van der Waals surface area (Å²) in [6.45, 7) is 2.25. The molecule has 1 unspecified atom stereocenters. The summed E-state index contributed by atoms with van der Waals surface area (Å²) in [5.41, 5.74) is 0. The van der Waals surface area contributed by atoms with Crippen LogP contribution >= 0.6 is 0 Å². The van der Waals surface area contributed by atoms with Crippen LogP contribution in [0.4, 0.5) is 4.79 Å². The van der Waals surface area contributed by atoms with Crippen molar-refractivity contribution in [2.24, 2.45) is 0 Å². The van der Waals surface area contributed by atoms with E-state index in [1.54, 1.807) is 0 Å². The lowest BCUT2D eigenvalue weighted by Crippen LogP contribution is -2.34. The van der Waals surface area contributed by atoms with Crippen molar-refractivity contribution in [3.8, 4) is 0 Å². The quantitative estimate of drug-likeness (QED) is 0.243. The number of hydrogen-bond acceptors (Lipinski definition) is 3. The molecule has 0 radical (unpaired) electrons. The highest BCUT2D eigenvalue weighted by molar-refractivity contribution is 5.66. The van der Waals surface area contributed by atoms with Crippen LogP contribution in [0, 0.1) is 0 Å². The summed E-state index contributed by atoms with van der Waals surface area (Å²) in [4.78, 5) is 10.9. The molecule has 0 fully saturated rings. The minimum Gasteiger partial charge on any atom is -0.453 e. The Balaban J connectivity index is 3.23. The van der Waals surface area contributed by atoms with Crippen LogP contribution in [-0.4, -0.2) is 24.5 Å². The van der Waals surface area contributed by atoms with Gasteiger partial charge in [0.15, 0.2) is 0 Å². The van der Waals surface area contributed by atoms with E-state index in [-0.39, 0.29) is 0 Å². The highest BCUT2D eigenvalue weighted by Crippen LogP contribution is 2.09. The van der Waals surface area contributed by atoms with Crippen LogP contribution in [0.15, 0.2) is 12.2 Å². The summed E-state index contributed by atoms with van der Waals surface area (Å²) in [7, 11) is 1.29. The molecule has 0 aromatic carbocycles. The molecule has 0 aromatic heterocycles. The smallest absolute Gasteiger partial charge is 0.408 e. The average molecular weight is 328 g/mol. The summed E-state index contributed by atoms with van der Waals surface area (Å²) >= 11 is 0. The molecule has 0 aliphatic heterocycles. The highest BCUT2D eigenvalue weighted by atomic mass is 16.5. The molecule has 0 heterocycles. The van der Waals surface area contributed by atoms with Gasteiger partial charge < -0.3 is 9.84 Å². The van der Waals surface area contributed by atoms with Gasteiger partial charge in [-0.25, -0.2) is 4.79 Å². The standard InChI is InChI=1S/C19H37NO3/c1-3-4-5-6-7-8-9-10-11-12-13-14-15-16-17-18(21)20-19(22)23-2/h10-11,18,21H,3-9,12-17H2,1-2H3,(H,20,22). The van der Waals surface area contributed by atoms with E-state index in [1.165, 1.54) is 64.9 Å². The number of alkyl carbamates (subject to hydrolysis) is 1. The van der Waals surface area contributed by atoms with Gasteiger partial charge in [-0.1, -0.05) is 64.0 Å². The number of aliphatic hydroxyl groups is 1. The van der Waals surface area contributed by atoms with Crippen molar-refractivity contribution in [1.29, 1.82) is 0 Å². The number of ether oxygens (including phenoxy) is 1. The first-order chi connectivity index (χ1) is 11.2. The van der Waals surface area contributed by atoms with Crippen LogP contribution < -0.4 is 5.32 Å². The predicted molar refractivity (Wildman–Crippen MR) is 96.4 cm³/mol. The SMILES string of the molecule is CCCCCCCCC=CCCCCCCC(O)NC(=O)OC. The van der Waals surface area contributed by atoms with E-state index < -0.39 is 12.3 Å².